The molecule has 0 spiro atoms. The number of hydrazine groups is 1. The summed E-state index contributed by atoms with van der Waals surface area (Å²) in [5.74, 6) is 1.39. The number of fused-ring (bicyclic) bond motifs is 3. The Morgan fingerprint density at radius 2 is 1.96 bits per heavy atom. The van der Waals surface area contributed by atoms with Crippen LogP contribution in [0.5, 0.6) is 17.2 Å². The molecule has 2 N–H and O–H groups in total. The van der Waals surface area contributed by atoms with Crippen LogP contribution in [0.25, 0.3) is 5.70 Å². The summed E-state index contributed by atoms with van der Waals surface area (Å²) in [4.78, 5) is 1.16. The molecule has 0 bridgehead atoms. The zero-order valence-electron chi connectivity index (χ0n) is 15.3. The summed E-state index contributed by atoms with van der Waals surface area (Å²) in [7, 11) is 0. The standard InChI is InChI=1S/C22H20N2O3S/c1-2-26-19-10-5-8-15(21(19)25)22-24-17(14-7-3-4-9-18(14)27-22)13-16(23-24)20-11-6-12-28-20/h3-13,17,22-23,25H,2H2,1H3/t17-,22-/m0/s1. The fraction of sp³-hybridized carbons (Fsp3) is 0.182. The number of hydrogen-bond donors (Lipinski definition) is 2. The Morgan fingerprint density at radius 3 is 2.79 bits per heavy atom. The van der Waals surface area contributed by atoms with E-state index in [1.54, 1.807) is 17.4 Å². The number of ether oxygens (including phenoxy) is 2. The van der Waals surface area contributed by atoms with Gasteiger partial charge in [0.25, 0.3) is 0 Å². The molecule has 1 aromatic heterocycles. The van der Waals surface area contributed by atoms with Gasteiger partial charge in [0.05, 0.1) is 28.8 Å². The summed E-state index contributed by atoms with van der Waals surface area (Å²) in [6.45, 7) is 2.38. The number of nitrogens with one attached hydrogen (secondary N) is 1. The van der Waals surface area contributed by atoms with E-state index >= 15 is 0 Å². The summed E-state index contributed by atoms with van der Waals surface area (Å²) in [6, 6.07) is 17.7. The van der Waals surface area contributed by atoms with Gasteiger partial charge in [-0.1, -0.05) is 30.3 Å². The van der Waals surface area contributed by atoms with Gasteiger partial charge in [-0.3, -0.25) is 0 Å². The number of para-hydroxylation sites is 2. The first-order valence-corrected chi connectivity index (χ1v) is 10.1. The van der Waals surface area contributed by atoms with Crippen molar-refractivity contribution in [2.45, 2.75) is 19.2 Å². The number of hydrogen-bond acceptors (Lipinski definition) is 6. The summed E-state index contributed by atoms with van der Waals surface area (Å²) in [5.41, 5.74) is 6.30. The molecule has 2 aliphatic heterocycles. The predicted octanol–water partition coefficient (Wildman–Crippen LogP) is 4.85. The summed E-state index contributed by atoms with van der Waals surface area (Å²) < 4.78 is 11.9. The number of aromatic hydroxyl groups is 1. The van der Waals surface area contributed by atoms with E-state index in [0.29, 0.717) is 17.9 Å². The number of phenolic OH excluding ortho intramolecular Hbond substituents is 1. The van der Waals surface area contributed by atoms with Crippen molar-refractivity contribution in [3.63, 3.8) is 0 Å². The zero-order valence-corrected chi connectivity index (χ0v) is 16.1. The minimum atomic E-state index is -0.492. The second kappa shape index (κ2) is 6.89. The van der Waals surface area contributed by atoms with Crippen molar-refractivity contribution in [3.05, 3.63) is 82.1 Å². The molecule has 2 atom stereocenters. The van der Waals surface area contributed by atoms with Gasteiger partial charge in [-0.25, -0.2) is 0 Å². The lowest BCUT2D eigenvalue weighted by molar-refractivity contribution is -0.0340. The maximum absolute atomic E-state index is 10.8. The van der Waals surface area contributed by atoms with E-state index in [1.165, 1.54) is 0 Å². The van der Waals surface area contributed by atoms with Crippen LogP contribution >= 0.6 is 11.3 Å². The molecule has 0 aliphatic carbocycles. The lowest BCUT2D eigenvalue weighted by Gasteiger charge is -2.39. The van der Waals surface area contributed by atoms with Crippen LogP contribution in [-0.4, -0.2) is 16.7 Å². The third-order valence-corrected chi connectivity index (χ3v) is 5.89. The third kappa shape index (κ3) is 2.73. The van der Waals surface area contributed by atoms with Crippen molar-refractivity contribution in [2.75, 3.05) is 6.61 Å². The Balaban J connectivity index is 1.59. The number of rotatable bonds is 4. The first-order valence-electron chi connectivity index (χ1n) is 9.27. The molecular formula is C22H20N2O3S. The van der Waals surface area contributed by atoms with Crippen molar-refractivity contribution >= 4 is 17.0 Å². The summed E-state index contributed by atoms with van der Waals surface area (Å²) in [6.07, 6.45) is 1.72. The molecule has 2 aliphatic rings. The molecule has 0 amide bonds. The molecule has 0 saturated heterocycles. The highest BCUT2D eigenvalue weighted by Crippen LogP contribution is 2.48. The lowest BCUT2D eigenvalue weighted by atomic mass is 10.0. The second-order valence-corrected chi connectivity index (χ2v) is 7.60. The fourth-order valence-electron chi connectivity index (χ4n) is 3.73. The van der Waals surface area contributed by atoms with E-state index in [4.69, 9.17) is 9.47 Å². The number of benzene rings is 2. The zero-order chi connectivity index (χ0) is 19.1. The third-order valence-electron chi connectivity index (χ3n) is 4.99. The van der Waals surface area contributed by atoms with Crippen molar-refractivity contribution in [3.8, 4) is 17.2 Å². The first-order chi connectivity index (χ1) is 13.8. The highest BCUT2D eigenvalue weighted by molar-refractivity contribution is 7.11. The van der Waals surface area contributed by atoms with Crippen LogP contribution < -0.4 is 14.9 Å². The molecule has 2 aromatic carbocycles. The second-order valence-electron chi connectivity index (χ2n) is 6.66. The van der Waals surface area contributed by atoms with Crippen molar-refractivity contribution in [1.82, 2.24) is 10.4 Å². The van der Waals surface area contributed by atoms with Crippen LogP contribution in [0.15, 0.2) is 66.1 Å². The van der Waals surface area contributed by atoms with Crippen LogP contribution in [0, 0.1) is 0 Å². The Labute approximate surface area is 167 Å². The van der Waals surface area contributed by atoms with E-state index in [1.807, 2.05) is 48.3 Å². The molecule has 0 unspecified atom stereocenters. The molecule has 5 nitrogen and oxygen atoms in total. The Bertz CT molecular complexity index is 1030. The van der Waals surface area contributed by atoms with Crippen LogP contribution in [-0.2, 0) is 0 Å². The van der Waals surface area contributed by atoms with Gasteiger partial charge < -0.3 is 20.0 Å². The van der Waals surface area contributed by atoms with Crippen molar-refractivity contribution < 1.29 is 14.6 Å². The van der Waals surface area contributed by atoms with Gasteiger partial charge in [-0.15, -0.1) is 11.3 Å². The molecular weight excluding hydrogens is 372 g/mol. The highest BCUT2D eigenvalue weighted by atomic mass is 32.1. The normalized spacial score (nSPS) is 20.5. The Hall–Kier alpha value is -2.96. The van der Waals surface area contributed by atoms with E-state index in [9.17, 15) is 5.11 Å². The van der Waals surface area contributed by atoms with Crippen molar-refractivity contribution in [1.29, 1.82) is 0 Å². The Morgan fingerprint density at radius 1 is 1.11 bits per heavy atom. The van der Waals surface area contributed by atoms with E-state index in [2.05, 4.69) is 29.0 Å². The molecule has 0 fully saturated rings. The van der Waals surface area contributed by atoms with Gasteiger partial charge in [0.2, 0.25) is 0 Å². The molecule has 0 saturated carbocycles. The largest absolute Gasteiger partial charge is 0.504 e. The minimum absolute atomic E-state index is 0.00204. The van der Waals surface area contributed by atoms with Gasteiger partial charge >= 0.3 is 0 Å². The number of nitrogens with zero attached hydrogens (tertiary/aromatic N) is 1. The SMILES string of the molecule is CCOc1cccc([C@@H]2Oc3ccccc3[C@@H]3C=C(c4cccs4)NN32)c1O. The van der Waals surface area contributed by atoms with Crippen LogP contribution in [0.3, 0.4) is 0 Å². The predicted molar refractivity (Wildman–Crippen MR) is 109 cm³/mol. The topological polar surface area (TPSA) is 54.0 Å². The maximum Gasteiger partial charge on any atom is 0.199 e. The highest BCUT2D eigenvalue weighted by Gasteiger charge is 2.41. The van der Waals surface area contributed by atoms with Gasteiger partial charge in [0, 0.05) is 5.56 Å². The van der Waals surface area contributed by atoms with Gasteiger partial charge in [-0.05, 0) is 42.6 Å². The number of thiophene rings is 1. The maximum atomic E-state index is 10.8. The number of phenols is 1. The van der Waals surface area contributed by atoms with E-state index in [-0.39, 0.29) is 11.8 Å². The monoisotopic (exact) mass is 392 g/mol. The van der Waals surface area contributed by atoms with Crippen molar-refractivity contribution in [2.24, 2.45) is 0 Å². The van der Waals surface area contributed by atoms with Gasteiger partial charge in [0.15, 0.2) is 17.7 Å². The smallest absolute Gasteiger partial charge is 0.199 e. The molecule has 5 rings (SSSR count). The molecule has 142 valence electrons. The van der Waals surface area contributed by atoms with E-state index < -0.39 is 6.23 Å². The first kappa shape index (κ1) is 17.2. The van der Waals surface area contributed by atoms with Gasteiger partial charge in [-0.2, -0.15) is 5.01 Å². The minimum Gasteiger partial charge on any atom is -0.504 e. The molecule has 3 aromatic rings. The quantitative estimate of drug-likeness (QED) is 0.665. The van der Waals surface area contributed by atoms with Crippen LogP contribution in [0.2, 0.25) is 0 Å². The molecule has 0 radical (unpaired) electrons. The average Bonchev–Trinajstić information content (AvgIpc) is 3.39. The van der Waals surface area contributed by atoms with E-state index in [0.717, 1.165) is 21.9 Å². The average molecular weight is 392 g/mol. The van der Waals surface area contributed by atoms with Crippen LogP contribution in [0.4, 0.5) is 0 Å². The summed E-state index contributed by atoms with van der Waals surface area (Å²) >= 11 is 1.69. The van der Waals surface area contributed by atoms with Gasteiger partial charge in [0.1, 0.15) is 5.75 Å². The molecule has 28 heavy (non-hydrogen) atoms. The molecule has 3 heterocycles. The fourth-order valence-corrected chi connectivity index (χ4v) is 4.43. The molecule has 6 heteroatoms. The van der Waals surface area contributed by atoms with Crippen LogP contribution in [0.1, 0.15) is 35.2 Å². The summed E-state index contributed by atoms with van der Waals surface area (Å²) in [5, 5.41) is 14.9. The Kier molecular flexibility index (Phi) is 4.22. The lowest BCUT2D eigenvalue weighted by Crippen LogP contribution is -2.43.